The Kier molecular flexibility index (Phi) is 4.87. The van der Waals surface area contributed by atoms with E-state index in [1.165, 1.54) is 13.0 Å². The Hall–Kier alpha value is -2.36. The highest BCUT2D eigenvalue weighted by molar-refractivity contribution is 5.92. The minimum atomic E-state index is -1.16. The van der Waals surface area contributed by atoms with Crippen LogP contribution in [-0.2, 0) is 9.59 Å². The van der Waals surface area contributed by atoms with Crippen LogP contribution in [0.1, 0.15) is 19.4 Å². The minimum absolute atomic E-state index is 0.132. The molecule has 0 radical (unpaired) electrons. The third-order valence-electron chi connectivity index (χ3n) is 2.11. The lowest BCUT2D eigenvalue weighted by atomic mass is 10.1. The van der Waals surface area contributed by atoms with Crippen LogP contribution >= 0.6 is 0 Å². The van der Waals surface area contributed by atoms with Crippen LogP contribution in [0.5, 0.6) is 0 Å². The van der Waals surface area contributed by atoms with Crippen molar-refractivity contribution in [3.8, 4) is 0 Å². The quantitative estimate of drug-likeness (QED) is 0.631. The molecule has 0 heterocycles. The summed E-state index contributed by atoms with van der Waals surface area (Å²) < 4.78 is 0. The summed E-state index contributed by atoms with van der Waals surface area (Å²) in [7, 11) is 0. The van der Waals surface area contributed by atoms with Crippen LogP contribution in [0.4, 0.5) is 0 Å². The molecular formula is C14H15NO3. The predicted molar refractivity (Wildman–Crippen MR) is 69.6 cm³/mol. The van der Waals surface area contributed by atoms with Crippen LogP contribution in [0.25, 0.3) is 6.08 Å². The van der Waals surface area contributed by atoms with E-state index >= 15 is 0 Å². The second kappa shape index (κ2) is 6.39. The molecule has 0 aliphatic carbocycles. The first-order valence-electron chi connectivity index (χ1n) is 5.45. The number of carboxylic acids is 1. The largest absolute Gasteiger partial charge is 0.477 e. The Labute approximate surface area is 106 Å². The smallest absolute Gasteiger partial charge is 0.352 e. The first kappa shape index (κ1) is 13.7. The van der Waals surface area contributed by atoms with E-state index < -0.39 is 11.9 Å². The third kappa shape index (κ3) is 4.65. The molecule has 0 saturated heterocycles. The number of amides is 1. The zero-order valence-corrected chi connectivity index (χ0v) is 10.3. The summed E-state index contributed by atoms with van der Waals surface area (Å²) in [6, 6.07) is 9.53. The number of nitrogens with one attached hydrogen (secondary N) is 1. The molecule has 0 saturated carbocycles. The second-order valence-electron chi connectivity index (χ2n) is 3.84. The highest BCUT2D eigenvalue weighted by Crippen LogP contribution is 2.08. The zero-order chi connectivity index (χ0) is 13.5. The Morgan fingerprint density at radius 1 is 1.17 bits per heavy atom. The molecule has 0 unspecified atom stereocenters. The average Bonchev–Trinajstić information content (AvgIpc) is 2.28. The van der Waals surface area contributed by atoms with Gasteiger partial charge in [0.15, 0.2) is 0 Å². The predicted octanol–water partition coefficient (Wildman–Crippen LogP) is 2.19. The number of hydrogen-bond donors (Lipinski definition) is 2. The van der Waals surface area contributed by atoms with Crippen molar-refractivity contribution in [2.75, 3.05) is 0 Å². The second-order valence-corrected chi connectivity index (χ2v) is 3.84. The van der Waals surface area contributed by atoms with Crippen molar-refractivity contribution in [2.24, 2.45) is 0 Å². The molecular weight excluding hydrogens is 230 g/mol. The van der Waals surface area contributed by atoms with Crippen LogP contribution in [-0.4, -0.2) is 17.0 Å². The average molecular weight is 245 g/mol. The molecule has 0 spiro atoms. The number of carboxylic acid groups (broad SMARTS) is 1. The lowest BCUT2D eigenvalue weighted by Gasteiger charge is -2.03. The Morgan fingerprint density at radius 3 is 2.28 bits per heavy atom. The van der Waals surface area contributed by atoms with E-state index in [2.05, 4.69) is 5.32 Å². The molecule has 94 valence electrons. The molecule has 0 bridgehead atoms. The van der Waals surface area contributed by atoms with Gasteiger partial charge in [0, 0.05) is 6.92 Å². The van der Waals surface area contributed by atoms with Gasteiger partial charge in [-0.15, -0.1) is 0 Å². The van der Waals surface area contributed by atoms with E-state index in [1.54, 1.807) is 6.92 Å². The molecule has 1 rings (SSSR count). The lowest BCUT2D eigenvalue weighted by Crippen LogP contribution is -2.24. The first-order valence-corrected chi connectivity index (χ1v) is 5.45. The maximum Gasteiger partial charge on any atom is 0.352 e. The van der Waals surface area contributed by atoms with Gasteiger partial charge in [-0.3, -0.25) is 4.79 Å². The van der Waals surface area contributed by atoms with Crippen molar-refractivity contribution in [1.29, 1.82) is 0 Å². The van der Waals surface area contributed by atoms with E-state index in [9.17, 15) is 9.59 Å². The van der Waals surface area contributed by atoms with Gasteiger partial charge in [-0.05, 0) is 24.1 Å². The summed E-state index contributed by atoms with van der Waals surface area (Å²) in [6.45, 7) is 3.05. The maximum absolute atomic E-state index is 10.9. The van der Waals surface area contributed by atoms with Crippen LogP contribution in [0.3, 0.4) is 0 Å². The fourth-order valence-corrected chi connectivity index (χ4v) is 1.42. The minimum Gasteiger partial charge on any atom is -0.477 e. The normalized spacial score (nSPS) is 12.1. The van der Waals surface area contributed by atoms with Gasteiger partial charge >= 0.3 is 5.97 Å². The monoisotopic (exact) mass is 245 g/mol. The van der Waals surface area contributed by atoms with Gasteiger partial charge in [-0.1, -0.05) is 36.4 Å². The molecule has 1 amide bonds. The topological polar surface area (TPSA) is 66.4 Å². The highest BCUT2D eigenvalue weighted by atomic mass is 16.4. The molecule has 1 aromatic carbocycles. The molecule has 18 heavy (non-hydrogen) atoms. The van der Waals surface area contributed by atoms with Crippen molar-refractivity contribution in [3.05, 3.63) is 53.2 Å². The van der Waals surface area contributed by atoms with E-state index in [-0.39, 0.29) is 5.70 Å². The van der Waals surface area contributed by atoms with E-state index in [0.717, 1.165) is 11.1 Å². The number of allylic oxidation sites excluding steroid dienone is 2. The Bertz CT molecular complexity index is 501. The van der Waals surface area contributed by atoms with Gasteiger partial charge in [0.05, 0.1) is 0 Å². The van der Waals surface area contributed by atoms with Gasteiger partial charge in [-0.2, -0.15) is 0 Å². The van der Waals surface area contributed by atoms with E-state index in [1.807, 2.05) is 36.4 Å². The van der Waals surface area contributed by atoms with Crippen LogP contribution in [0.2, 0.25) is 0 Å². The number of aliphatic carboxylic acids is 1. The molecule has 0 aromatic heterocycles. The zero-order valence-electron chi connectivity index (χ0n) is 10.3. The van der Waals surface area contributed by atoms with Crippen molar-refractivity contribution >= 4 is 18.0 Å². The summed E-state index contributed by atoms with van der Waals surface area (Å²) in [6.07, 6.45) is 3.27. The molecule has 4 heteroatoms. The summed E-state index contributed by atoms with van der Waals surface area (Å²) in [4.78, 5) is 21.8. The molecule has 2 N–H and O–H groups in total. The third-order valence-corrected chi connectivity index (χ3v) is 2.11. The Morgan fingerprint density at radius 2 is 1.78 bits per heavy atom. The number of carbonyl (C=O) groups excluding carboxylic acids is 1. The van der Waals surface area contributed by atoms with Gasteiger partial charge in [0.1, 0.15) is 5.70 Å². The summed E-state index contributed by atoms with van der Waals surface area (Å²) >= 11 is 0. The van der Waals surface area contributed by atoms with Crippen molar-refractivity contribution < 1.29 is 14.7 Å². The lowest BCUT2D eigenvalue weighted by molar-refractivity contribution is -0.134. The fraction of sp³-hybridized carbons (Fsp3) is 0.143. The van der Waals surface area contributed by atoms with E-state index in [0.29, 0.717) is 0 Å². The van der Waals surface area contributed by atoms with Crippen molar-refractivity contribution in [1.82, 2.24) is 5.32 Å². The number of carbonyl (C=O) groups is 2. The molecule has 0 atom stereocenters. The molecule has 0 fully saturated rings. The molecule has 1 aromatic rings. The molecule has 0 aliphatic heterocycles. The Balaban J connectivity index is 2.94. The number of rotatable bonds is 4. The number of hydrogen-bond acceptors (Lipinski definition) is 2. The maximum atomic E-state index is 10.9. The standard InChI is InChI=1S/C14H15NO3/c1-10(8-12-6-4-3-5-7-12)9-13(14(17)18)15-11(2)16/h3-9H,1-2H3,(H,15,16)(H,17,18). The summed E-state index contributed by atoms with van der Waals surface area (Å²) in [5, 5.41) is 11.2. The van der Waals surface area contributed by atoms with Gasteiger partial charge < -0.3 is 10.4 Å². The van der Waals surface area contributed by atoms with E-state index in [4.69, 9.17) is 5.11 Å². The highest BCUT2D eigenvalue weighted by Gasteiger charge is 2.08. The first-order chi connectivity index (χ1) is 8.49. The van der Waals surface area contributed by atoms with Crippen LogP contribution in [0, 0.1) is 0 Å². The van der Waals surface area contributed by atoms with Gasteiger partial charge in [0.2, 0.25) is 5.91 Å². The molecule has 0 aliphatic rings. The summed E-state index contributed by atoms with van der Waals surface area (Å²) in [5.41, 5.74) is 1.58. The fourth-order valence-electron chi connectivity index (χ4n) is 1.42. The van der Waals surface area contributed by atoms with Gasteiger partial charge in [-0.25, -0.2) is 4.79 Å². The van der Waals surface area contributed by atoms with Gasteiger partial charge in [0.25, 0.3) is 0 Å². The number of benzene rings is 1. The summed E-state index contributed by atoms with van der Waals surface area (Å²) in [5.74, 6) is -1.57. The van der Waals surface area contributed by atoms with Crippen molar-refractivity contribution in [2.45, 2.75) is 13.8 Å². The molecule has 4 nitrogen and oxygen atoms in total. The SMILES string of the molecule is CC(=O)NC(=CC(C)=Cc1ccccc1)C(=O)O. The van der Waals surface area contributed by atoms with Crippen molar-refractivity contribution in [3.63, 3.8) is 0 Å². The van der Waals surface area contributed by atoms with Crippen LogP contribution in [0.15, 0.2) is 47.7 Å². The van der Waals surface area contributed by atoms with Crippen LogP contribution < -0.4 is 5.32 Å².